The maximum Gasteiger partial charge on any atom is 0.305 e. The molecule has 2 atom stereocenters. The number of esters is 2. The van der Waals surface area contributed by atoms with E-state index in [0.717, 1.165) is 115 Å². The Morgan fingerprint density at radius 1 is 0.586 bits per heavy atom. The van der Waals surface area contributed by atoms with E-state index >= 15 is 0 Å². The maximum absolute atomic E-state index is 12.4. The largest absolute Gasteiger partial charge is 0.469 e. The number of hydrogen-bond donors (Lipinski definition) is 2. The molecule has 10 nitrogen and oxygen atoms in total. The van der Waals surface area contributed by atoms with Crippen LogP contribution in [0.15, 0.2) is 24.3 Å². The van der Waals surface area contributed by atoms with Crippen LogP contribution in [0.25, 0.3) is 44.4 Å². The number of fused-ring (bicyclic) bond motifs is 8. The molecule has 2 saturated carbocycles. The fourth-order valence-corrected chi connectivity index (χ4v) is 9.60. The molecule has 2 fully saturated rings. The van der Waals surface area contributed by atoms with Crippen molar-refractivity contribution in [3.63, 3.8) is 0 Å². The normalized spacial score (nSPS) is 17.8. The summed E-state index contributed by atoms with van der Waals surface area (Å²) in [5.41, 5.74) is 15.5. The number of aromatic nitrogens is 4. The summed E-state index contributed by atoms with van der Waals surface area (Å²) >= 11 is 0. The van der Waals surface area contributed by atoms with Crippen molar-refractivity contribution < 1.29 is 28.5 Å². The number of allylic oxidation sites excluding steroid dienone is 4. The molecule has 4 aliphatic rings. The first-order chi connectivity index (χ1) is 27.9. The van der Waals surface area contributed by atoms with Crippen molar-refractivity contribution in [2.75, 3.05) is 14.2 Å². The first-order valence-electron chi connectivity index (χ1n) is 21.6. The quantitative estimate of drug-likeness (QED) is 0.174. The summed E-state index contributed by atoms with van der Waals surface area (Å²) in [5.74, 6) is -0.536. The molecule has 0 amide bonds. The second-order valence-corrected chi connectivity index (χ2v) is 16.8. The Bertz CT molecular complexity index is 2270. The lowest BCUT2D eigenvalue weighted by molar-refractivity contribution is -0.141. The summed E-state index contributed by atoms with van der Waals surface area (Å²) in [6, 6.07) is 8.53. The first kappa shape index (κ1) is 41.6. The zero-order chi connectivity index (χ0) is 41.1. The number of nitrogens with zero attached hydrogens (tertiary/aromatic N) is 2. The minimum atomic E-state index is -0.269. The fourth-order valence-electron chi connectivity index (χ4n) is 9.60. The Morgan fingerprint density at radius 2 is 0.983 bits per heavy atom. The van der Waals surface area contributed by atoms with Gasteiger partial charge < -0.3 is 28.9 Å². The smallest absolute Gasteiger partial charge is 0.305 e. The van der Waals surface area contributed by atoms with Gasteiger partial charge in [-0.3, -0.25) is 9.59 Å². The van der Waals surface area contributed by atoms with Gasteiger partial charge in [0.05, 0.1) is 61.4 Å². The molecule has 2 unspecified atom stereocenters. The van der Waals surface area contributed by atoms with Gasteiger partial charge in [0.25, 0.3) is 0 Å². The van der Waals surface area contributed by atoms with Gasteiger partial charge in [-0.2, -0.15) is 0 Å². The van der Waals surface area contributed by atoms with Crippen LogP contribution in [-0.4, -0.2) is 58.3 Å². The Balaban J connectivity index is 1.50. The van der Waals surface area contributed by atoms with E-state index in [1.54, 1.807) is 0 Å². The van der Waals surface area contributed by atoms with Gasteiger partial charge in [-0.05, 0) is 138 Å². The molecule has 3 aromatic rings. The van der Waals surface area contributed by atoms with Gasteiger partial charge in [0, 0.05) is 46.0 Å². The minimum Gasteiger partial charge on any atom is -0.469 e. The topological polar surface area (TPSA) is 128 Å². The van der Waals surface area contributed by atoms with E-state index in [4.69, 9.17) is 28.9 Å². The van der Waals surface area contributed by atoms with E-state index < -0.39 is 0 Å². The summed E-state index contributed by atoms with van der Waals surface area (Å²) in [5, 5.41) is 0. The van der Waals surface area contributed by atoms with E-state index in [-0.39, 0.29) is 49.2 Å². The number of H-pyrrole nitrogens is 2. The van der Waals surface area contributed by atoms with Gasteiger partial charge >= 0.3 is 11.9 Å². The van der Waals surface area contributed by atoms with E-state index in [1.165, 1.54) is 52.7 Å². The molecular formula is C48H62N4O6. The molecule has 10 heteroatoms. The predicted octanol–water partition coefficient (Wildman–Crippen LogP) is 11.5. The van der Waals surface area contributed by atoms with Crippen molar-refractivity contribution in [1.82, 2.24) is 19.9 Å². The monoisotopic (exact) mass is 790 g/mol. The van der Waals surface area contributed by atoms with Crippen LogP contribution in [0.3, 0.4) is 0 Å². The lowest BCUT2D eigenvalue weighted by Crippen LogP contribution is -2.18. The molecule has 0 aromatic carbocycles. The molecule has 0 spiro atoms. The molecule has 0 saturated heterocycles. The molecule has 58 heavy (non-hydrogen) atoms. The van der Waals surface area contributed by atoms with Crippen LogP contribution in [0, 0.1) is 13.8 Å². The molecule has 7 rings (SSSR count). The van der Waals surface area contributed by atoms with Crippen LogP contribution >= 0.6 is 0 Å². The van der Waals surface area contributed by atoms with Gasteiger partial charge in [0.15, 0.2) is 0 Å². The molecule has 2 aliphatic carbocycles. The van der Waals surface area contributed by atoms with Gasteiger partial charge in [-0.15, -0.1) is 0 Å². The number of carbonyl (C=O) groups excluding carboxylic acids is 2. The predicted molar refractivity (Wildman–Crippen MR) is 231 cm³/mol. The summed E-state index contributed by atoms with van der Waals surface area (Å²) in [6.07, 6.45) is 13.3. The highest BCUT2D eigenvalue weighted by Gasteiger charge is 2.27. The third-order valence-electron chi connectivity index (χ3n) is 13.0. The van der Waals surface area contributed by atoms with Gasteiger partial charge in [0.2, 0.25) is 0 Å². The van der Waals surface area contributed by atoms with E-state index in [1.807, 2.05) is 6.07 Å². The Hall–Kier alpha value is -4.54. The summed E-state index contributed by atoms with van der Waals surface area (Å²) in [6.45, 7) is 12.8. The highest BCUT2D eigenvalue weighted by Crippen LogP contribution is 2.40. The SMILES string of the molecule is COC(=O)CCC1=C(C)c2cc3[nH]c(cc4[nH]c(cc5nc(cc1n2)C(C)=C5CCC(=O)OC)c(C)c4C(C)OC1CCCCC1)c(C)c3C(C)OC1CCCCC1. The van der Waals surface area contributed by atoms with E-state index in [2.05, 4.69) is 69.7 Å². The standard InChI is InChI=1S/C48H62N4O6/c1-27-35(19-21-45(53)55-7)42-24-39-29(3)47(31(5)57-33-15-11-9-12-16-33)44(51-39)26-40-30(4)48(32(6)58-34-17-13-10-14-18-34)43(52-40)25-38-28(2)36(20-22-46(54)56-8)41(50-38)23-37(27)49-42/h23-26,31-34,51-52H,9-22H2,1-8H3. The summed E-state index contributed by atoms with van der Waals surface area (Å²) in [7, 11) is 2.84. The zero-order valence-electron chi connectivity index (χ0n) is 35.9. The second kappa shape index (κ2) is 18.2. The van der Waals surface area contributed by atoms with Crippen LogP contribution in [0.4, 0.5) is 0 Å². The number of hydrogen-bond acceptors (Lipinski definition) is 8. The van der Waals surface area contributed by atoms with Crippen LogP contribution in [0.1, 0.15) is 175 Å². The van der Waals surface area contributed by atoms with Crippen molar-refractivity contribution >= 4 is 56.3 Å². The molecule has 3 aromatic heterocycles. The van der Waals surface area contributed by atoms with Crippen LogP contribution in [-0.2, 0) is 28.5 Å². The van der Waals surface area contributed by atoms with Crippen LogP contribution in [0.2, 0.25) is 0 Å². The molecule has 2 N–H and O–H groups in total. The van der Waals surface area contributed by atoms with Crippen LogP contribution in [0.5, 0.6) is 0 Å². The summed E-state index contributed by atoms with van der Waals surface area (Å²) < 4.78 is 23.8. The first-order valence-corrected chi connectivity index (χ1v) is 21.6. The van der Waals surface area contributed by atoms with E-state index in [0.29, 0.717) is 12.8 Å². The van der Waals surface area contributed by atoms with Crippen molar-refractivity contribution in [3.05, 3.63) is 69.3 Å². The molecule has 8 bridgehead atoms. The van der Waals surface area contributed by atoms with Crippen molar-refractivity contribution in [2.24, 2.45) is 0 Å². The number of ether oxygens (including phenoxy) is 4. The van der Waals surface area contributed by atoms with E-state index in [9.17, 15) is 9.59 Å². The van der Waals surface area contributed by atoms with Crippen molar-refractivity contribution in [1.29, 1.82) is 0 Å². The van der Waals surface area contributed by atoms with Crippen molar-refractivity contribution in [3.8, 4) is 0 Å². The minimum absolute atomic E-state index is 0.140. The van der Waals surface area contributed by atoms with Crippen molar-refractivity contribution in [2.45, 2.75) is 156 Å². The second-order valence-electron chi connectivity index (χ2n) is 16.8. The lowest BCUT2D eigenvalue weighted by atomic mass is 9.97. The Labute approximate surface area is 343 Å². The number of nitrogens with one attached hydrogen (secondary N) is 2. The molecular weight excluding hydrogens is 729 g/mol. The van der Waals surface area contributed by atoms with Crippen LogP contribution < -0.4 is 0 Å². The summed E-state index contributed by atoms with van der Waals surface area (Å²) in [4.78, 5) is 43.0. The Kier molecular flexibility index (Phi) is 13.0. The number of methoxy groups -OCH3 is 2. The zero-order valence-corrected chi connectivity index (χ0v) is 35.9. The fraction of sp³-hybridized carbons (Fsp3) is 0.542. The average Bonchev–Trinajstić information content (AvgIpc) is 3.89. The molecule has 310 valence electrons. The third-order valence-corrected chi connectivity index (χ3v) is 13.0. The average molecular weight is 791 g/mol. The Morgan fingerprint density at radius 3 is 1.45 bits per heavy atom. The van der Waals surface area contributed by atoms with Gasteiger partial charge in [0.1, 0.15) is 0 Å². The molecule has 5 heterocycles. The molecule has 0 radical (unpaired) electrons. The molecule has 2 aliphatic heterocycles. The van der Waals surface area contributed by atoms with Gasteiger partial charge in [-0.25, -0.2) is 9.97 Å². The highest BCUT2D eigenvalue weighted by atomic mass is 16.5. The lowest BCUT2D eigenvalue weighted by Gasteiger charge is -2.26. The number of carbonyl (C=O) groups is 2. The third kappa shape index (κ3) is 8.88. The maximum atomic E-state index is 12.4. The van der Waals surface area contributed by atoms with Gasteiger partial charge in [-0.1, -0.05) is 38.5 Å². The number of aromatic amines is 2. The number of aryl methyl sites for hydroxylation is 2. The number of rotatable bonds is 12. The highest BCUT2D eigenvalue weighted by molar-refractivity contribution is 5.96.